The first-order chi connectivity index (χ1) is 8.04. The van der Waals surface area contributed by atoms with Gasteiger partial charge >= 0.3 is 0 Å². The van der Waals surface area contributed by atoms with Crippen molar-refractivity contribution in [3.05, 3.63) is 0 Å². The predicted molar refractivity (Wildman–Crippen MR) is 63.0 cm³/mol. The Labute approximate surface area is 101 Å². The summed E-state index contributed by atoms with van der Waals surface area (Å²) in [4.78, 5) is 24.4. The Morgan fingerprint density at radius 2 is 2.00 bits per heavy atom. The zero-order chi connectivity index (χ0) is 12.8. The van der Waals surface area contributed by atoms with E-state index in [0.717, 1.165) is 12.8 Å². The Balaban J connectivity index is 2.35. The second-order valence-corrected chi connectivity index (χ2v) is 4.50. The lowest BCUT2D eigenvalue weighted by molar-refractivity contribution is -0.135. The second kappa shape index (κ2) is 6.56. The summed E-state index contributed by atoms with van der Waals surface area (Å²) in [6.45, 7) is 1.53. The van der Waals surface area contributed by atoms with Crippen LogP contribution in [0.25, 0.3) is 0 Å². The summed E-state index contributed by atoms with van der Waals surface area (Å²) in [5, 5.41) is 0. The molecule has 1 unspecified atom stereocenters. The standard InChI is InChI=1S/C11H21N3O3/c1-17-7-9(12)11(16)14-4-2-8(3-5-14)6-10(13)15/h8-9H,2-7,12H2,1H3,(H2,13,15). The van der Waals surface area contributed by atoms with Gasteiger partial charge in [0.1, 0.15) is 6.04 Å². The number of nitrogens with zero attached hydrogens (tertiary/aromatic N) is 1. The number of ether oxygens (including phenoxy) is 1. The van der Waals surface area contributed by atoms with Gasteiger partial charge in [-0.15, -0.1) is 0 Å². The number of hydrogen-bond acceptors (Lipinski definition) is 4. The van der Waals surface area contributed by atoms with Crippen molar-refractivity contribution in [3.63, 3.8) is 0 Å². The van der Waals surface area contributed by atoms with Gasteiger partial charge in [0.2, 0.25) is 11.8 Å². The molecule has 1 fully saturated rings. The molecule has 2 amide bonds. The van der Waals surface area contributed by atoms with E-state index in [-0.39, 0.29) is 18.4 Å². The number of methoxy groups -OCH3 is 1. The zero-order valence-electron chi connectivity index (χ0n) is 10.2. The molecule has 4 N–H and O–H groups in total. The molecule has 6 heteroatoms. The molecule has 0 aromatic carbocycles. The van der Waals surface area contributed by atoms with Gasteiger partial charge in [0.05, 0.1) is 6.61 Å². The van der Waals surface area contributed by atoms with Gasteiger partial charge < -0.3 is 21.1 Å². The van der Waals surface area contributed by atoms with E-state index in [9.17, 15) is 9.59 Å². The van der Waals surface area contributed by atoms with Gasteiger partial charge in [0.25, 0.3) is 0 Å². The van der Waals surface area contributed by atoms with Gasteiger partial charge in [-0.1, -0.05) is 0 Å². The molecule has 0 aromatic rings. The van der Waals surface area contributed by atoms with E-state index in [0.29, 0.717) is 25.4 Å². The number of carbonyl (C=O) groups is 2. The van der Waals surface area contributed by atoms with Crippen molar-refractivity contribution in [2.24, 2.45) is 17.4 Å². The number of likely N-dealkylation sites (tertiary alicyclic amines) is 1. The Hall–Kier alpha value is -1.14. The minimum atomic E-state index is -0.590. The summed E-state index contributed by atoms with van der Waals surface area (Å²) in [6, 6.07) is -0.590. The molecule has 0 spiro atoms. The second-order valence-electron chi connectivity index (χ2n) is 4.50. The lowest BCUT2D eigenvalue weighted by Crippen LogP contribution is -2.49. The van der Waals surface area contributed by atoms with Crippen LogP contribution < -0.4 is 11.5 Å². The highest BCUT2D eigenvalue weighted by molar-refractivity contribution is 5.82. The Kier molecular flexibility index (Phi) is 5.37. The molecular formula is C11H21N3O3. The van der Waals surface area contributed by atoms with Crippen molar-refractivity contribution >= 4 is 11.8 Å². The van der Waals surface area contributed by atoms with Gasteiger partial charge in [0.15, 0.2) is 0 Å². The molecule has 0 radical (unpaired) electrons. The highest BCUT2D eigenvalue weighted by Crippen LogP contribution is 2.20. The number of piperidine rings is 1. The third-order valence-electron chi connectivity index (χ3n) is 3.08. The minimum absolute atomic E-state index is 0.0793. The summed E-state index contributed by atoms with van der Waals surface area (Å²) in [5.74, 6) is -0.0505. The molecule has 98 valence electrons. The smallest absolute Gasteiger partial charge is 0.241 e. The highest BCUT2D eigenvalue weighted by Gasteiger charge is 2.26. The summed E-state index contributed by atoms with van der Waals surface area (Å²) in [6.07, 6.45) is 2.04. The van der Waals surface area contributed by atoms with Crippen LogP contribution in [0.3, 0.4) is 0 Å². The quantitative estimate of drug-likeness (QED) is 0.652. The monoisotopic (exact) mass is 243 g/mol. The third-order valence-corrected chi connectivity index (χ3v) is 3.08. The van der Waals surface area contributed by atoms with Gasteiger partial charge in [-0.25, -0.2) is 0 Å². The van der Waals surface area contributed by atoms with E-state index in [1.54, 1.807) is 4.90 Å². The Morgan fingerprint density at radius 1 is 1.41 bits per heavy atom. The number of nitrogens with two attached hydrogens (primary N) is 2. The van der Waals surface area contributed by atoms with Crippen LogP contribution in [0.4, 0.5) is 0 Å². The van der Waals surface area contributed by atoms with Crippen LogP contribution in [0.1, 0.15) is 19.3 Å². The molecule has 1 heterocycles. The van der Waals surface area contributed by atoms with E-state index in [1.165, 1.54) is 7.11 Å². The highest BCUT2D eigenvalue weighted by atomic mass is 16.5. The average molecular weight is 243 g/mol. The van der Waals surface area contributed by atoms with Crippen molar-refractivity contribution in [2.45, 2.75) is 25.3 Å². The maximum atomic E-state index is 11.8. The summed E-state index contributed by atoms with van der Waals surface area (Å²) >= 11 is 0. The largest absolute Gasteiger partial charge is 0.383 e. The van der Waals surface area contributed by atoms with Crippen LogP contribution in [0, 0.1) is 5.92 Å². The number of carbonyl (C=O) groups excluding carboxylic acids is 2. The molecular weight excluding hydrogens is 222 g/mol. The van der Waals surface area contributed by atoms with E-state index in [4.69, 9.17) is 16.2 Å². The minimum Gasteiger partial charge on any atom is -0.383 e. The molecule has 6 nitrogen and oxygen atoms in total. The van der Waals surface area contributed by atoms with E-state index in [1.807, 2.05) is 0 Å². The first-order valence-corrected chi connectivity index (χ1v) is 5.86. The van der Waals surface area contributed by atoms with Crippen LogP contribution in [0.2, 0.25) is 0 Å². The van der Waals surface area contributed by atoms with Crippen LogP contribution >= 0.6 is 0 Å². The van der Waals surface area contributed by atoms with Gasteiger partial charge in [-0.3, -0.25) is 9.59 Å². The first-order valence-electron chi connectivity index (χ1n) is 5.86. The SMILES string of the molecule is COCC(N)C(=O)N1CCC(CC(N)=O)CC1. The molecule has 0 aromatic heterocycles. The average Bonchev–Trinajstić information content (AvgIpc) is 2.28. The lowest BCUT2D eigenvalue weighted by atomic mass is 9.93. The molecule has 0 aliphatic carbocycles. The molecule has 1 aliphatic rings. The van der Waals surface area contributed by atoms with Crippen LogP contribution in [0.5, 0.6) is 0 Å². The summed E-state index contributed by atoms with van der Waals surface area (Å²) in [5.41, 5.74) is 10.8. The zero-order valence-corrected chi connectivity index (χ0v) is 10.2. The van der Waals surface area contributed by atoms with Crippen molar-refractivity contribution in [3.8, 4) is 0 Å². The molecule has 1 atom stereocenters. The van der Waals surface area contributed by atoms with Crippen molar-refractivity contribution in [1.82, 2.24) is 4.90 Å². The lowest BCUT2D eigenvalue weighted by Gasteiger charge is -2.33. The van der Waals surface area contributed by atoms with Gasteiger partial charge in [0, 0.05) is 26.6 Å². The summed E-state index contributed by atoms with van der Waals surface area (Å²) < 4.78 is 4.86. The number of rotatable bonds is 5. The fraction of sp³-hybridized carbons (Fsp3) is 0.818. The van der Waals surface area contributed by atoms with Gasteiger partial charge in [-0.2, -0.15) is 0 Å². The summed E-state index contributed by atoms with van der Waals surface area (Å²) in [7, 11) is 1.52. The molecule has 0 bridgehead atoms. The van der Waals surface area contributed by atoms with Crippen molar-refractivity contribution < 1.29 is 14.3 Å². The van der Waals surface area contributed by atoms with Crippen LogP contribution in [0.15, 0.2) is 0 Å². The van der Waals surface area contributed by atoms with Crippen molar-refractivity contribution in [2.75, 3.05) is 26.8 Å². The Bertz CT molecular complexity index is 275. The molecule has 1 aliphatic heterocycles. The van der Waals surface area contributed by atoms with E-state index in [2.05, 4.69) is 0 Å². The predicted octanol–water partition coefficient (Wildman–Crippen LogP) is -0.926. The molecule has 1 rings (SSSR count). The maximum absolute atomic E-state index is 11.8. The number of amides is 2. The van der Waals surface area contributed by atoms with Crippen LogP contribution in [-0.4, -0.2) is 49.6 Å². The van der Waals surface area contributed by atoms with Crippen molar-refractivity contribution in [1.29, 1.82) is 0 Å². The van der Waals surface area contributed by atoms with E-state index >= 15 is 0 Å². The van der Waals surface area contributed by atoms with Gasteiger partial charge in [-0.05, 0) is 18.8 Å². The Morgan fingerprint density at radius 3 is 2.47 bits per heavy atom. The first kappa shape index (κ1) is 13.9. The maximum Gasteiger partial charge on any atom is 0.241 e. The molecule has 1 saturated heterocycles. The normalized spacial score (nSPS) is 19.1. The fourth-order valence-electron chi connectivity index (χ4n) is 2.13. The molecule has 17 heavy (non-hydrogen) atoms. The molecule has 0 saturated carbocycles. The number of hydrogen-bond donors (Lipinski definition) is 2. The van der Waals surface area contributed by atoms with E-state index < -0.39 is 6.04 Å². The fourth-order valence-corrected chi connectivity index (χ4v) is 2.13. The van der Waals surface area contributed by atoms with Crippen LogP contribution in [-0.2, 0) is 14.3 Å². The number of primary amides is 1. The topological polar surface area (TPSA) is 98.7 Å². The third kappa shape index (κ3) is 4.32.